The second-order valence-corrected chi connectivity index (χ2v) is 9.73. The molecule has 8 nitrogen and oxygen atoms in total. The van der Waals surface area contributed by atoms with Crippen molar-refractivity contribution in [2.75, 3.05) is 55.4 Å². The lowest BCUT2D eigenvalue weighted by atomic mass is 10.1. The minimum absolute atomic E-state index is 0.0318. The zero-order valence-corrected chi connectivity index (χ0v) is 18.5. The van der Waals surface area contributed by atoms with E-state index in [-0.39, 0.29) is 24.2 Å². The van der Waals surface area contributed by atoms with E-state index >= 15 is 0 Å². The first-order chi connectivity index (χ1) is 14.6. The van der Waals surface area contributed by atoms with Crippen molar-refractivity contribution < 1.29 is 14.3 Å². The standard InChI is InChI=1S/C20H25N5O3S2/c1-14-2-4-16(5-3-14)25-13-15(12-17(25)26)18(27)21-19-22-23-20(30-19)29-11-8-24-6-9-28-10-7-24/h2-5,15H,6-13H2,1H3,(H,21,22,27)/t15-/m1/s1. The van der Waals surface area contributed by atoms with E-state index in [1.54, 1.807) is 16.7 Å². The molecule has 2 aliphatic heterocycles. The van der Waals surface area contributed by atoms with Gasteiger partial charge in [0.2, 0.25) is 16.9 Å². The zero-order chi connectivity index (χ0) is 20.9. The summed E-state index contributed by atoms with van der Waals surface area (Å²) < 4.78 is 6.19. The van der Waals surface area contributed by atoms with E-state index in [1.807, 2.05) is 31.2 Å². The fourth-order valence-corrected chi connectivity index (χ4v) is 5.30. The number of aryl methyl sites for hydroxylation is 1. The van der Waals surface area contributed by atoms with Crippen LogP contribution in [0.3, 0.4) is 0 Å². The van der Waals surface area contributed by atoms with E-state index in [2.05, 4.69) is 20.4 Å². The number of morpholine rings is 1. The molecule has 2 aromatic rings. The van der Waals surface area contributed by atoms with Crippen LogP contribution in [0.1, 0.15) is 12.0 Å². The number of nitrogens with one attached hydrogen (secondary N) is 1. The second-order valence-electron chi connectivity index (χ2n) is 7.41. The third kappa shape index (κ3) is 5.37. The third-order valence-corrected chi connectivity index (χ3v) is 7.17. The van der Waals surface area contributed by atoms with Gasteiger partial charge < -0.3 is 15.0 Å². The molecule has 30 heavy (non-hydrogen) atoms. The van der Waals surface area contributed by atoms with Crippen LogP contribution in [0, 0.1) is 12.8 Å². The Morgan fingerprint density at radius 2 is 2.03 bits per heavy atom. The highest BCUT2D eigenvalue weighted by Crippen LogP contribution is 2.29. The molecule has 2 fully saturated rings. The van der Waals surface area contributed by atoms with E-state index < -0.39 is 0 Å². The maximum Gasteiger partial charge on any atom is 0.231 e. The molecule has 1 N–H and O–H groups in total. The van der Waals surface area contributed by atoms with Gasteiger partial charge in [-0.2, -0.15) is 0 Å². The molecule has 160 valence electrons. The van der Waals surface area contributed by atoms with Gasteiger partial charge in [-0.25, -0.2) is 0 Å². The molecule has 0 aliphatic carbocycles. The Hall–Kier alpha value is -2.01. The van der Waals surface area contributed by atoms with Gasteiger partial charge in [-0.3, -0.25) is 14.5 Å². The number of amides is 2. The lowest BCUT2D eigenvalue weighted by Crippen LogP contribution is -2.37. The topological polar surface area (TPSA) is 87.7 Å². The molecule has 0 unspecified atom stereocenters. The Kier molecular flexibility index (Phi) is 6.98. The fraction of sp³-hybridized carbons (Fsp3) is 0.500. The first kappa shape index (κ1) is 21.2. The lowest BCUT2D eigenvalue weighted by molar-refractivity contribution is -0.122. The highest BCUT2D eigenvalue weighted by Gasteiger charge is 2.35. The van der Waals surface area contributed by atoms with Gasteiger partial charge in [0.25, 0.3) is 0 Å². The number of benzene rings is 1. The number of ether oxygens (including phenoxy) is 1. The average molecular weight is 448 g/mol. The molecule has 1 aromatic heterocycles. The SMILES string of the molecule is Cc1ccc(N2C[C@H](C(=O)Nc3nnc(SCCN4CCOCC4)s3)CC2=O)cc1. The molecule has 4 rings (SSSR count). The molecule has 0 bridgehead atoms. The summed E-state index contributed by atoms with van der Waals surface area (Å²) in [4.78, 5) is 29.1. The predicted octanol–water partition coefficient (Wildman–Crippen LogP) is 2.26. The summed E-state index contributed by atoms with van der Waals surface area (Å²) in [6.45, 7) is 6.90. The Balaban J connectivity index is 1.26. The van der Waals surface area contributed by atoms with Crippen molar-refractivity contribution in [1.82, 2.24) is 15.1 Å². The van der Waals surface area contributed by atoms with Crippen LogP contribution in [0.4, 0.5) is 10.8 Å². The third-order valence-electron chi connectivity index (χ3n) is 5.21. The smallest absolute Gasteiger partial charge is 0.231 e. The summed E-state index contributed by atoms with van der Waals surface area (Å²) in [5, 5.41) is 11.6. The Morgan fingerprint density at radius 3 is 2.80 bits per heavy atom. The lowest BCUT2D eigenvalue weighted by Gasteiger charge is -2.25. The number of thioether (sulfide) groups is 1. The molecule has 0 saturated carbocycles. The van der Waals surface area contributed by atoms with Gasteiger partial charge in [0.1, 0.15) is 0 Å². The van der Waals surface area contributed by atoms with Crippen molar-refractivity contribution in [2.24, 2.45) is 5.92 Å². The molecule has 2 amide bonds. The Bertz CT molecular complexity index is 883. The minimum Gasteiger partial charge on any atom is -0.379 e. The number of carbonyl (C=O) groups excluding carboxylic acids is 2. The van der Waals surface area contributed by atoms with Crippen LogP contribution >= 0.6 is 23.1 Å². The quantitative estimate of drug-likeness (QED) is 0.515. The number of carbonyl (C=O) groups is 2. The molecule has 3 heterocycles. The molecule has 1 atom stereocenters. The summed E-state index contributed by atoms with van der Waals surface area (Å²) in [5.74, 6) is 0.320. The molecule has 2 aliphatic rings. The Labute approximate surface area is 184 Å². The van der Waals surface area contributed by atoms with Crippen LogP contribution in [0.2, 0.25) is 0 Å². The maximum absolute atomic E-state index is 12.6. The van der Waals surface area contributed by atoms with Crippen LogP contribution in [-0.4, -0.2) is 72.1 Å². The average Bonchev–Trinajstić information content (AvgIpc) is 3.36. The van der Waals surface area contributed by atoms with E-state index in [1.165, 1.54) is 11.3 Å². The van der Waals surface area contributed by atoms with Crippen molar-refractivity contribution in [3.05, 3.63) is 29.8 Å². The molecule has 0 spiro atoms. The van der Waals surface area contributed by atoms with Gasteiger partial charge in [-0.05, 0) is 19.1 Å². The van der Waals surface area contributed by atoms with Crippen molar-refractivity contribution in [1.29, 1.82) is 0 Å². The molecule has 0 radical (unpaired) electrons. The number of nitrogens with zero attached hydrogens (tertiary/aromatic N) is 4. The molecule has 2 saturated heterocycles. The van der Waals surface area contributed by atoms with Gasteiger partial charge >= 0.3 is 0 Å². The van der Waals surface area contributed by atoms with Crippen molar-refractivity contribution in [3.8, 4) is 0 Å². The molecular weight excluding hydrogens is 422 g/mol. The van der Waals surface area contributed by atoms with E-state index in [9.17, 15) is 9.59 Å². The van der Waals surface area contributed by atoms with E-state index in [4.69, 9.17) is 4.74 Å². The zero-order valence-electron chi connectivity index (χ0n) is 16.9. The maximum atomic E-state index is 12.6. The monoisotopic (exact) mass is 447 g/mol. The molecular formula is C20H25N5O3S2. The van der Waals surface area contributed by atoms with Gasteiger partial charge in [-0.1, -0.05) is 40.8 Å². The molecule has 1 aromatic carbocycles. The van der Waals surface area contributed by atoms with Crippen LogP contribution in [-0.2, 0) is 14.3 Å². The first-order valence-electron chi connectivity index (χ1n) is 10.0. The van der Waals surface area contributed by atoms with Gasteiger partial charge in [-0.15, -0.1) is 10.2 Å². The number of anilines is 2. The highest BCUT2D eigenvalue weighted by molar-refractivity contribution is 8.01. The van der Waals surface area contributed by atoms with Crippen LogP contribution in [0.15, 0.2) is 28.6 Å². The number of aromatic nitrogens is 2. The number of rotatable bonds is 7. The summed E-state index contributed by atoms with van der Waals surface area (Å²) in [5.41, 5.74) is 1.96. The number of hydrogen-bond donors (Lipinski definition) is 1. The van der Waals surface area contributed by atoms with Crippen molar-refractivity contribution in [3.63, 3.8) is 0 Å². The van der Waals surface area contributed by atoms with E-state index in [0.717, 1.165) is 54.2 Å². The largest absolute Gasteiger partial charge is 0.379 e. The fourth-order valence-electron chi connectivity index (χ4n) is 3.47. The van der Waals surface area contributed by atoms with Crippen LogP contribution in [0.25, 0.3) is 0 Å². The predicted molar refractivity (Wildman–Crippen MR) is 118 cm³/mol. The summed E-state index contributed by atoms with van der Waals surface area (Å²) in [6, 6.07) is 7.77. The van der Waals surface area contributed by atoms with Crippen molar-refractivity contribution in [2.45, 2.75) is 17.7 Å². The minimum atomic E-state index is -0.389. The summed E-state index contributed by atoms with van der Waals surface area (Å²) >= 11 is 3.02. The summed E-state index contributed by atoms with van der Waals surface area (Å²) in [7, 11) is 0. The van der Waals surface area contributed by atoms with E-state index in [0.29, 0.717) is 11.7 Å². The van der Waals surface area contributed by atoms with Crippen molar-refractivity contribution >= 4 is 45.7 Å². The summed E-state index contributed by atoms with van der Waals surface area (Å²) in [6.07, 6.45) is 0.208. The van der Waals surface area contributed by atoms with Crippen LogP contribution < -0.4 is 10.2 Å². The van der Waals surface area contributed by atoms with Gasteiger partial charge in [0, 0.05) is 44.0 Å². The molecule has 10 heteroatoms. The normalized spacial score (nSPS) is 20.0. The number of hydrogen-bond acceptors (Lipinski definition) is 8. The van der Waals surface area contributed by atoms with Crippen LogP contribution in [0.5, 0.6) is 0 Å². The second kappa shape index (κ2) is 9.86. The highest BCUT2D eigenvalue weighted by atomic mass is 32.2. The first-order valence-corrected chi connectivity index (χ1v) is 11.8. The van der Waals surface area contributed by atoms with Gasteiger partial charge in [0.15, 0.2) is 4.34 Å². The van der Waals surface area contributed by atoms with Gasteiger partial charge in [0.05, 0.1) is 19.1 Å². The Morgan fingerprint density at radius 1 is 1.27 bits per heavy atom.